The van der Waals surface area contributed by atoms with Crippen molar-refractivity contribution >= 4 is 69.1 Å². The number of nitrogens with zero attached hydrogens (tertiary/aromatic N) is 1. The number of anilines is 1. The van der Waals surface area contributed by atoms with E-state index >= 15 is 0 Å². The summed E-state index contributed by atoms with van der Waals surface area (Å²) in [6, 6.07) is 17.4. The van der Waals surface area contributed by atoms with Crippen molar-refractivity contribution in [1.29, 1.82) is 0 Å². The van der Waals surface area contributed by atoms with Crippen LogP contribution < -0.4 is 5.32 Å². The van der Waals surface area contributed by atoms with Gasteiger partial charge in [0.1, 0.15) is 18.1 Å². The van der Waals surface area contributed by atoms with Gasteiger partial charge in [0.05, 0.1) is 17.1 Å². The zero-order valence-corrected chi connectivity index (χ0v) is 22.8. The van der Waals surface area contributed by atoms with Crippen LogP contribution in [0.25, 0.3) is 17.4 Å². The van der Waals surface area contributed by atoms with E-state index in [1.807, 2.05) is 19.1 Å². The summed E-state index contributed by atoms with van der Waals surface area (Å²) in [5.41, 5.74) is 1.77. The molecule has 4 rings (SSSR count). The van der Waals surface area contributed by atoms with E-state index < -0.39 is 17.1 Å². The van der Waals surface area contributed by atoms with Gasteiger partial charge in [-0.15, -0.1) is 0 Å². The Hall–Kier alpha value is -3.38. The molecule has 0 aliphatic carbocycles. The second kappa shape index (κ2) is 12.2. The molecular weight excluding hydrogens is 607 g/mol. The third-order valence-electron chi connectivity index (χ3n) is 5.34. The summed E-state index contributed by atoms with van der Waals surface area (Å²) >= 11 is 2.91. The maximum Gasteiger partial charge on any atom is 0.338 e. The summed E-state index contributed by atoms with van der Waals surface area (Å²) in [7, 11) is 0. The highest BCUT2D eigenvalue weighted by atomic mass is 127. The number of furan rings is 1. The van der Waals surface area contributed by atoms with Gasteiger partial charge in [0, 0.05) is 20.9 Å². The summed E-state index contributed by atoms with van der Waals surface area (Å²) in [5, 5.41) is 2.16. The second-order valence-electron chi connectivity index (χ2n) is 8.09. The number of thioether (sulfide) groups is 1. The third kappa shape index (κ3) is 6.89. The molecule has 0 bridgehead atoms. The molecular formula is C27H23IN2O6S. The van der Waals surface area contributed by atoms with Gasteiger partial charge in [0.2, 0.25) is 5.91 Å². The van der Waals surface area contributed by atoms with E-state index in [9.17, 15) is 19.2 Å². The van der Waals surface area contributed by atoms with Gasteiger partial charge in [0.15, 0.2) is 0 Å². The molecule has 1 fully saturated rings. The third-order valence-corrected chi connectivity index (χ3v) is 6.97. The molecule has 0 atom stereocenters. The number of carbonyl (C=O) groups excluding carboxylic acids is 4. The van der Waals surface area contributed by atoms with Crippen LogP contribution in [0.1, 0.15) is 35.9 Å². The zero-order chi connectivity index (χ0) is 26.4. The number of imide groups is 1. The van der Waals surface area contributed by atoms with Gasteiger partial charge >= 0.3 is 5.97 Å². The minimum atomic E-state index is -0.559. The minimum absolute atomic E-state index is 0.165. The molecule has 0 saturated carbocycles. The standard InChI is InChI=1S/C27H23IN2O6S/c1-2-3-14-35-26(33)18-6-4-17(5-7-18)22-13-12-21(36-22)15-23-25(32)30(27(34)37-23)16-24(31)29-20-10-8-19(28)9-11-20/h4-13,15H,2-3,14,16H2,1H3,(H,29,31)/b23-15+. The van der Waals surface area contributed by atoms with Crippen LogP contribution in [0.15, 0.2) is 70.0 Å². The van der Waals surface area contributed by atoms with Crippen molar-refractivity contribution in [1.82, 2.24) is 4.90 Å². The van der Waals surface area contributed by atoms with E-state index in [0.717, 1.165) is 38.6 Å². The normalized spacial score (nSPS) is 14.3. The lowest BCUT2D eigenvalue weighted by molar-refractivity contribution is -0.127. The molecule has 8 nitrogen and oxygen atoms in total. The Labute approximate surface area is 231 Å². The van der Waals surface area contributed by atoms with E-state index in [1.165, 1.54) is 6.08 Å². The number of amides is 3. The number of hydrogen-bond acceptors (Lipinski definition) is 7. The first-order valence-corrected chi connectivity index (χ1v) is 13.4. The van der Waals surface area contributed by atoms with Gasteiger partial charge in [-0.1, -0.05) is 25.5 Å². The molecule has 1 aromatic heterocycles. The van der Waals surface area contributed by atoms with Crippen LogP contribution in [0.5, 0.6) is 0 Å². The molecule has 10 heteroatoms. The Kier molecular flexibility index (Phi) is 8.82. The number of rotatable bonds is 9. The fourth-order valence-electron chi connectivity index (χ4n) is 3.39. The predicted molar refractivity (Wildman–Crippen MR) is 150 cm³/mol. The zero-order valence-electron chi connectivity index (χ0n) is 19.9. The van der Waals surface area contributed by atoms with Crippen LogP contribution in [0.2, 0.25) is 0 Å². The highest BCUT2D eigenvalue weighted by molar-refractivity contribution is 14.1. The minimum Gasteiger partial charge on any atom is -0.462 e. The van der Waals surface area contributed by atoms with Gasteiger partial charge in [-0.05, 0) is 89.3 Å². The van der Waals surface area contributed by atoms with E-state index in [-0.39, 0.29) is 17.4 Å². The molecule has 1 aliphatic rings. The molecule has 190 valence electrons. The number of carbonyl (C=O) groups is 4. The van der Waals surface area contributed by atoms with E-state index in [4.69, 9.17) is 9.15 Å². The van der Waals surface area contributed by atoms with Crippen LogP contribution in [0.3, 0.4) is 0 Å². The smallest absolute Gasteiger partial charge is 0.338 e. The number of nitrogens with one attached hydrogen (secondary N) is 1. The van der Waals surface area contributed by atoms with Gasteiger partial charge in [-0.3, -0.25) is 19.3 Å². The summed E-state index contributed by atoms with van der Waals surface area (Å²) < 4.78 is 12.1. The monoisotopic (exact) mass is 630 g/mol. The van der Waals surface area contributed by atoms with Crippen molar-refractivity contribution in [2.45, 2.75) is 19.8 Å². The molecule has 3 aromatic rings. The summed E-state index contributed by atoms with van der Waals surface area (Å²) in [5.74, 6) is -0.484. The number of esters is 1. The van der Waals surface area contributed by atoms with Crippen molar-refractivity contribution in [3.8, 4) is 11.3 Å². The number of hydrogen-bond donors (Lipinski definition) is 1. The van der Waals surface area contributed by atoms with E-state index in [2.05, 4.69) is 27.9 Å². The Morgan fingerprint density at radius 2 is 1.78 bits per heavy atom. The molecule has 0 radical (unpaired) electrons. The molecule has 1 N–H and O–H groups in total. The van der Waals surface area contributed by atoms with Crippen molar-refractivity contribution in [2.24, 2.45) is 0 Å². The average Bonchev–Trinajstić information content (AvgIpc) is 3.46. The number of ether oxygens (including phenoxy) is 1. The first-order valence-electron chi connectivity index (χ1n) is 11.5. The molecule has 0 unspecified atom stereocenters. The van der Waals surface area contributed by atoms with Gasteiger partial charge < -0.3 is 14.5 Å². The van der Waals surface area contributed by atoms with Crippen LogP contribution >= 0.6 is 34.4 Å². The van der Waals surface area contributed by atoms with Crippen molar-refractivity contribution in [3.05, 3.63) is 80.5 Å². The summed E-state index contributed by atoms with van der Waals surface area (Å²) in [6.45, 7) is 2.03. The largest absolute Gasteiger partial charge is 0.462 e. The van der Waals surface area contributed by atoms with Crippen LogP contribution in [-0.2, 0) is 14.3 Å². The Bertz CT molecular complexity index is 1350. The lowest BCUT2D eigenvalue weighted by Gasteiger charge is -2.12. The van der Waals surface area contributed by atoms with Gasteiger partial charge in [-0.25, -0.2) is 4.79 Å². The fourth-order valence-corrected chi connectivity index (χ4v) is 4.57. The molecule has 2 aromatic carbocycles. The number of halogens is 1. The summed E-state index contributed by atoms with van der Waals surface area (Å²) in [6.07, 6.45) is 3.24. The molecule has 2 heterocycles. The first kappa shape index (κ1) is 26.7. The van der Waals surface area contributed by atoms with Gasteiger partial charge in [-0.2, -0.15) is 0 Å². The Morgan fingerprint density at radius 1 is 1.05 bits per heavy atom. The van der Waals surface area contributed by atoms with Crippen molar-refractivity contribution < 1.29 is 28.3 Å². The van der Waals surface area contributed by atoms with Crippen LogP contribution in [0.4, 0.5) is 10.5 Å². The highest BCUT2D eigenvalue weighted by Gasteiger charge is 2.36. The predicted octanol–water partition coefficient (Wildman–Crippen LogP) is 6.18. The number of unbranched alkanes of at least 4 members (excludes halogenated alkanes) is 1. The summed E-state index contributed by atoms with van der Waals surface area (Å²) in [4.78, 5) is 50.7. The molecule has 0 spiro atoms. The lowest BCUT2D eigenvalue weighted by Crippen LogP contribution is -2.36. The first-order chi connectivity index (χ1) is 17.8. The van der Waals surface area contributed by atoms with E-state index in [1.54, 1.807) is 48.5 Å². The highest BCUT2D eigenvalue weighted by Crippen LogP contribution is 2.33. The Morgan fingerprint density at radius 3 is 2.49 bits per heavy atom. The topological polar surface area (TPSA) is 106 Å². The maximum atomic E-state index is 12.8. The fraction of sp³-hybridized carbons (Fsp3) is 0.185. The SMILES string of the molecule is CCCCOC(=O)c1ccc(-c2ccc(/C=C3/SC(=O)N(CC(=O)Nc4ccc(I)cc4)C3=O)o2)cc1. The van der Waals surface area contributed by atoms with Crippen molar-refractivity contribution in [3.63, 3.8) is 0 Å². The molecule has 3 amide bonds. The number of benzene rings is 2. The molecule has 1 saturated heterocycles. The van der Waals surface area contributed by atoms with Crippen LogP contribution in [-0.4, -0.2) is 41.1 Å². The van der Waals surface area contributed by atoms with Gasteiger partial charge in [0.25, 0.3) is 11.1 Å². The Balaban J connectivity index is 1.38. The van der Waals surface area contributed by atoms with Crippen LogP contribution in [0, 0.1) is 3.57 Å². The molecule has 37 heavy (non-hydrogen) atoms. The lowest BCUT2D eigenvalue weighted by atomic mass is 10.1. The maximum absolute atomic E-state index is 12.8. The van der Waals surface area contributed by atoms with E-state index in [0.29, 0.717) is 29.4 Å². The van der Waals surface area contributed by atoms with Crippen molar-refractivity contribution in [2.75, 3.05) is 18.5 Å². The second-order valence-corrected chi connectivity index (χ2v) is 10.3. The molecule has 1 aliphatic heterocycles. The quantitative estimate of drug-likeness (QED) is 0.130. The average molecular weight is 630 g/mol.